The highest BCUT2D eigenvalue weighted by Gasteiger charge is 2.13. The van der Waals surface area contributed by atoms with E-state index in [-0.39, 0.29) is 6.04 Å². The van der Waals surface area contributed by atoms with E-state index in [2.05, 4.69) is 29.5 Å². The minimum Gasteiger partial charge on any atom is -0.497 e. The predicted octanol–water partition coefficient (Wildman–Crippen LogP) is 2.15. The Morgan fingerprint density at radius 1 is 1.37 bits per heavy atom. The highest BCUT2D eigenvalue weighted by atomic mass is 16.5. The van der Waals surface area contributed by atoms with Gasteiger partial charge in [0.15, 0.2) is 0 Å². The number of nitrogens with two attached hydrogens (primary N) is 1. The van der Waals surface area contributed by atoms with Crippen LogP contribution in [0.2, 0.25) is 0 Å². The second kappa shape index (κ2) is 6.31. The molecule has 1 aromatic carbocycles. The van der Waals surface area contributed by atoms with Crippen LogP contribution in [-0.4, -0.2) is 12.1 Å². The molecular formula is C15H19N3O. The van der Waals surface area contributed by atoms with Gasteiger partial charge >= 0.3 is 0 Å². The first-order valence-electron chi connectivity index (χ1n) is 6.24. The van der Waals surface area contributed by atoms with Crippen LogP contribution in [0.4, 0.5) is 0 Å². The van der Waals surface area contributed by atoms with Crippen molar-refractivity contribution in [1.82, 2.24) is 10.4 Å². The van der Waals surface area contributed by atoms with Gasteiger partial charge in [-0.2, -0.15) is 0 Å². The van der Waals surface area contributed by atoms with Crippen LogP contribution >= 0.6 is 0 Å². The number of nitrogens with one attached hydrogen (secondary N) is 1. The van der Waals surface area contributed by atoms with Crippen molar-refractivity contribution in [3.63, 3.8) is 0 Å². The Bertz CT molecular complexity index is 528. The minimum absolute atomic E-state index is 0.0649. The zero-order valence-electron chi connectivity index (χ0n) is 11.3. The molecule has 0 fully saturated rings. The molecule has 0 aliphatic heterocycles. The van der Waals surface area contributed by atoms with Crippen molar-refractivity contribution in [1.29, 1.82) is 0 Å². The Labute approximate surface area is 113 Å². The molecule has 100 valence electrons. The molecule has 0 bridgehead atoms. The molecule has 3 N–H and O–H groups in total. The van der Waals surface area contributed by atoms with Crippen LogP contribution < -0.4 is 16.0 Å². The van der Waals surface area contributed by atoms with Gasteiger partial charge in [0.05, 0.1) is 13.2 Å². The topological polar surface area (TPSA) is 60.2 Å². The summed E-state index contributed by atoms with van der Waals surface area (Å²) in [4.78, 5) is 4.13. The average Bonchev–Trinajstić information content (AvgIpc) is 2.46. The van der Waals surface area contributed by atoms with E-state index in [0.29, 0.717) is 0 Å². The third-order valence-electron chi connectivity index (χ3n) is 3.22. The molecule has 1 aromatic heterocycles. The molecule has 4 heteroatoms. The molecule has 0 amide bonds. The highest BCUT2D eigenvalue weighted by Crippen LogP contribution is 2.24. The maximum Gasteiger partial charge on any atom is 0.119 e. The fraction of sp³-hybridized carbons (Fsp3) is 0.267. The van der Waals surface area contributed by atoms with Gasteiger partial charge in [0, 0.05) is 12.4 Å². The summed E-state index contributed by atoms with van der Waals surface area (Å²) in [6, 6.07) is 10.1. The molecule has 0 aliphatic rings. The van der Waals surface area contributed by atoms with Crippen molar-refractivity contribution >= 4 is 0 Å². The molecule has 0 radical (unpaired) electrons. The maximum absolute atomic E-state index is 5.69. The van der Waals surface area contributed by atoms with E-state index in [1.54, 1.807) is 13.3 Å². The van der Waals surface area contributed by atoms with Crippen molar-refractivity contribution in [2.24, 2.45) is 5.84 Å². The zero-order valence-corrected chi connectivity index (χ0v) is 11.3. The summed E-state index contributed by atoms with van der Waals surface area (Å²) in [7, 11) is 1.67. The first-order chi connectivity index (χ1) is 9.24. The lowest BCUT2D eigenvalue weighted by molar-refractivity contribution is 0.414. The minimum atomic E-state index is 0.0649. The molecule has 1 atom stereocenters. The number of hydrogen-bond donors (Lipinski definition) is 2. The number of ether oxygens (including phenoxy) is 1. The molecule has 2 aromatic rings. The number of nitrogens with zero attached hydrogens (tertiary/aromatic N) is 1. The van der Waals surface area contributed by atoms with Crippen LogP contribution in [-0.2, 0) is 6.42 Å². The summed E-state index contributed by atoms with van der Waals surface area (Å²) in [6.45, 7) is 2.06. The number of aryl methyl sites for hydroxylation is 1. The lowest BCUT2D eigenvalue weighted by Gasteiger charge is -2.19. The van der Waals surface area contributed by atoms with Crippen molar-refractivity contribution in [3.8, 4) is 5.75 Å². The smallest absolute Gasteiger partial charge is 0.119 e. The average molecular weight is 257 g/mol. The monoisotopic (exact) mass is 257 g/mol. The number of pyridine rings is 1. The van der Waals surface area contributed by atoms with E-state index in [1.165, 1.54) is 5.56 Å². The van der Waals surface area contributed by atoms with Gasteiger partial charge in [-0.15, -0.1) is 0 Å². The molecule has 0 saturated carbocycles. The summed E-state index contributed by atoms with van der Waals surface area (Å²) < 4.78 is 5.22. The number of benzene rings is 1. The summed E-state index contributed by atoms with van der Waals surface area (Å²) in [6.07, 6.45) is 4.44. The van der Waals surface area contributed by atoms with Gasteiger partial charge in [0.2, 0.25) is 0 Å². The maximum atomic E-state index is 5.69. The molecular weight excluding hydrogens is 238 g/mol. The molecule has 19 heavy (non-hydrogen) atoms. The summed E-state index contributed by atoms with van der Waals surface area (Å²) >= 11 is 0. The largest absolute Gasteiger partial charge is 0.497 e. The Hall–Kier alpha value is -1.91. The standard InChI is InChI=1S/C15H19N3O/c1-11-8-13(19-2)5-6-14(11)15(18-16)9-12-4-3-7-17-10-12/h3-8,10,15,18H,9,16H2,1-2H3. The fourth-order valence-electron chi connectivity index (χ4n) is 2.18. The summed E-state index contributed by atoms with van der Waals surface area (Å²) in [5, 5.41) is 0. The van der Waals surface area contributed by atoms with E-state index in [4.69, 9.17) is 10.6 Å². The highest BCUT2D eigenvalue weighted by molar-refractivity contribution is 5.37. The lowest BCUT2D eigenvalue weighted by atomic mass is 9.96. The van der Waals surface area contributed by atoms with Gasteiger partial charge in [-0.1, -0.05) is 12.1 Å². The van der Waals surface area contributed by atoms with Crippen LogP contribution in [0.5, 0.6) is 5.75 Å². The van der Waals surface area contributed by atoms with Crippen LogP contribution in [0.25, 0.3) is 0 Å². The predicted molar refractivity (Wildman–Crippen MR) is 75.7 cm³/mol. The molecule has 1 unspecified atom stereocenters. The van der Waals surface area contributed by atoms with E-state index in [0.717, 1.165) is 23.3 Å². The van der Waals surface area contributed by atoms with Crippen molar-refractivity contribution in [2.75, 3.05) is 7.11 Å². The Morgan fingerprint density at radius 2 is 2.21 bits per heavy atom. The van der Waals surface area contributed by atoms with Gasteiger partial charge < -0.3 is 4.74 Å². The lowest BCUT2D eigenvalue weighted by Crippen LogP contribution is -2.30. The Morgan fingerprint density at radius 3 is 2.79 bits per heavy atom. The van der Waals surface area contributed by atoms with E-state index < -0.39 is 0 Å². The van der Waals surface area contributed by atoms with Gasteiger partial charge in [-0.25, -0.2) is 0 Å². The van der Waals surface area contributed by atoms with Crippen molar-refractivity contribution < 1.29 is 4.74 Å². The third kappa shape index (κ3) is 3.30. The van der Waals surface area contributed by atoms with Gasteiger partial charge in [-0.05, 0) is 48.2 Å². The summed E-state index contributed by atoms with van der Waals surface area (Å²) in [5.74, 6) is 6.55. The zero-order chi connectivity index (χ0) is 13.7. The normalized spacial score (nSPS) is 12.2. The molecule has 2 rings (SSSR count). The van der Waals surface area contributed by atoms with Crippen molar-refractivity contribution in [2.45, 2.75) is 19.4 Å². The quantitative estimate of drug-likeness (QED) is 0.636. The number of hydrazine groups is 1. The molecule has 1 heterocycles. The van der Waals surface area contributed by atoms with Gasteiger partial charge in [0.25, 0.3) is 0 Å². The second-order valence-corrected chi connectivity index (χ2v) is 4.51. The fourth-order valence-corrected chi connectivity index (χ4v) is 2.18. The molecule has 0 saturated heterocycles. The Kier molecular flexibility index (Phi) is 4.49. The van der Waals surface area contributed by atoms with Crippen LogP contribution in [0.3, 0.4) is 0 Å². The molecule has 0 aliphatic carbocycles. The first-order valence-corrected chi connectivity index (χ1v) is 6.24. The van der Waals surface area contributed by atoms with E-state index in [9.17, 15) is 0 Å². The Balaban J connectivity index is 2.22. The first kappa shape index (κ1) is 13.5. The van der Waals surface area contributed by atoms with E-state index >= 15 is 0 Å². The van der Waals surface area contributed by atoms with Gasteiger partial charge in [0.1, 0.15) is 5.75 Å². The third-order valence-corrected chi connectivity index (χ3v) is 3.22. The van der Waals surface area contributed by atoms with E-state index in [1.807, 2.05) is 24.4 Å². The number of hydrogen-bond acceptors (Lipinski definition) is 4. The van der Waals surface area contributed by atoms with Crippen molar-refractivity contribution in [3.05, 3.63) is 59.4 Å². The van der Waals surface area contributed by atoms with Crippen LogP contribution in [0.1, 0.15) is 22.7 Å². The SMILES string of the molecule is COc1ccc(C(Cc2cccnc2)NN)c(C)c1. The summed E-state index contributed by atoms with van der Waals surface area (Å²) in [5.41, 5.74) is 6.36. The molecule has 4 nitrogen and oxygen atoms in total. The number of aromatic nitrogens is 1. The van der Waals surface area contributed by atoms with Crippen LogP contribution in [0, 0.1) is 6.92 Å². The molecule has 0 spiro atoms. The van der Waals surface area contributed by atoms with Crippen LogP contribution in [0.15, 0.2) is 42.7 Å². The van der Waals surface area contributed by atoms with Gasteiger partial charge in [-0.3, -0.25) is 16.3 Å². The second-order valence-electron chi connectivity index (χ2n) is 4.51. The number of rotatable bonds is 5. The number of methoxy groups -OCH3 is 1.